The Balaban J connectivity index is 2.04. The number of nitrogens with zero attached hydrogens (tertiary/aromatic N) is 2. The zero-order valence-corrected chi connectivity index (χ0v) is 11.2. The molecule has 0 saturated carbocycles. The highest BCUT2D eigenvalue weighted by Crippen LogP contribution is 2.11. The van der Waals surface area contributed by atoms with E-state index in [1.165, 1.54) is 0 Å². The Kier molecular flexibility index (Phi) is 4.61. The van der Waals surface area contributed by atoms with Crippen molar-refractivity contribution in [2.24, 2.45) is 0 Å². The molecule has 0 radical (unpaired) electrons. The zero-order chi connectivity index (χ0) is 12.1. The van der Waals surface area contributed by atoms with E-state index in [0.29, 0.717) is 4.32 Å². The second-order valence-corrected chi connectivity index (χ2v) is 4.89. The molecule has 1 saturated heterocycles. The van der Waals surface area contributed by atoms with Crippen molar-refractivity contribution in [3.63, 3.8) is 0 Å². The number of hydrazine groups is 2. The van der Waals surface area contributed by atoms with E-state index in [1.807, 2.05) is 35.4 Å². The van der Waals surface area contributed by atoms with E-state index in [9.17, 15) is 0 Å². The number of anilines is 1. The number of benzene rings is 1. The average Bonchev–Trinajstić information content (AvgIpc) is 2.38. The Labute approximate surface area is 112 Å². The number of thiocarbonyl (C=S) groups is 1. The first-order valence-corrected chi connectivity index (χ1v) is 6.43. The lowest BCUT2D eigenvalue weighted by molar-refractivity contribution is 0.0600. The molecule has 1 aromatic carbocycles. The van der Waals surface area contributed by atoms with Crippen molar-refractivity contribution < 1.29 is 0 Å². The van der Waals surface area contributed by atoms with Crippen LogP contribution in [0.15, 0.2) is 30.3 Å². The third kappa shape index (κ3) is 3.57. The fourth-order valence-corrected chi connectivity index (χ4v) is 2.07. The van der Waals surface area contributed by atoms with E-state index in [1.54, 1.807) is 0 Å². The van der Waals surface area contributed by atoms with Crippen LogP contribution in [0.3, 0.4) is 0 Å². The SMILES string of the molecule is S=C(S)N(Nc1ccccc1)N1CCNCC1. The van der Waals surface area contributed by atoms with Gasteiger partial charge in [-0.2, -0.15) is 10.1 Å². The summed E-state index contributed by atoms with van der Waals surface area (Å²) in [7, 11) is 0. The maximum atomic E-state index is 5.16. The minimum absolute atomic E-state index is 0.524. The molecule has 0 atom stereocenters. The maximum Gasteiger partial charge on any atom is 0.169 e. The van der Waals surface area contributed by atoms with Crippen molar-refractivity contribution in [1.29, 1.82) is 0 Å². The van der Waals surface area contributed by atoms with Crippen LogP contribution in [0.5, 0.6) is 0 Å². The van der Waals surface area contributed by atoms with Gasteiger partial charge in [-0.15, -0.1) is 12.6 Å². The molecule has 92 valence electrons. The number of nitrogens with one attached hydrogen (secondary N) is 2. The number of thiol groups is 1. The second-order valence-electron chi connectivity index (χ2n) is 3.78. The van der Waals surface area contributed by atoms with Gasteiger partial charge >= 0.3 is 0 Å². The van der Waals surface area contributed by atoms with Crippen molar-refractivity contribution in [3.8, 4) is 0 Å². The monoisotopic (exact) mass is 268 g/mol. The summed E-state index contributed by atoms with van der Waals surface area (Å²) >= 11 is 9.43. The first-order valence-electron chi connectivity index (χ1n) is 5.58. The van der Waals surface area contributed by atoms with Crippen molar-refractivity contribution in [3.05, 3.63) is 30.3 Å². The third-order valence-electron chi connectivity index (χ3n) is 2.57. The molecule has 4 nitrogen and oxygen atoms in total. The average molecular weight is 268 g/mol. The summed E-state index contributed by atoms with van der Waals surface area (Å²) in [6.45, 7) is 3.76. The van der Waals surface area contributed by atoms with Crippen LogP contribution >= 0.6 is 24.8 Å². The van der Waals surface area contributed by atoms with E-state index in [4.69, 9.17) is 12.2 Å². The van der Waals surface area contributed by atoms with Gasteiger partial charge < -0.3 is 5.32 Å². The fraction of sp³-hybridized carbons (Fsp3) is 0.364. The Morgan fingerprint density at radius 3 is 2.53 bits per heavy atom. The van der Waals surface area contributed by atoms with Gasteiger partial charge in [0, 0.05) is 26.2 Å². The lowest BCUT2D eigenvalue weighted by Gasteiger charge is -2.38. The molecule has 2 N–H and O–H groups in total. The second kappa shape index (κ2) is 6.20. The van der Waals surface area contributed by atoms with Gasteiger partial charge in [-0.1, -0.05) is 18.2 Å². The third-order valence-corrected chi connectivity index (χ3v) is 2.93. The molecule has 0 bridgehead atoms. The maximum absolute atomic E-state index is 5.16. The molecule has 0 aromatic heterocycles. The summed E-state index contributed by atoms with van der Waals surface area (Å²) in [5.41, 5.74) is 4.26. The standard InChI is InChI=1S/C11H16N4S2/c16-11(17)15(14-8-6-12-7-9-14)13-10-4-2-1-3-5-10/h1-5,12-13H,6-9H2,(H,16,17). The minimum Gasteiger partial charge on any atom is -0.314 e. The molecule has 0 unspecified atom stereocenters. The highest BCUT2D eigenvalue weighted by molar-refractivity contribution is 8.10. The van der Waals surface area contributed by atoms with Crippen LogP contribution in [0.2, 0.25) is 0 Å². The number of piperazine rings is 1. The molecule has 1 fully saturated rings. The first-order chi connectivity index (χ1) is 8.27. The van der Waals surface area contributed by atoms with Crippen LogP contribution in [-0.2, 0) is 0 Å². The summed E-state index contributed by atoms with van der Waals surface area (Å²) in [5, 5.41) is 7.29. The molecule has 0 spiro atoms. The molecular weight excluding hydrogens is 252 g/mol. The lowest BCUT2D eigenvalue weighted by Crippen LogP contribution is -2.55. The summed E-state index contributed by atoms with van der Waals surface area (Å²) in [4.78, 5) is 0. The van der Waals surface area contributed by atoms with Crippen LogP contribution in [-0.4, -0.2) is 40.6 Å². The van der Waals surface area contributed by atoms with Gasteiger partial charge in [-0.25, -0.2) is 0 Å². The van der Waals surface area contributed by atoms with E-state index in [0.717, 1.165) is 31.9 Å². The fourth-order valence-electron chi connectivity index (χ4n) is 1.73. The van der Waals surface area contributed by atoms with Gasteiger partial charge in [0.25, 0.3) is 0 Å². The highest BCUT2D eigenvalue weighted by Gasteiger charge is 2.18. The van der Waals surface area contributed by atoms with Crippen LogP contribution in [0.1, 0.15) is 0 Å². The molecule has 0 amide bonds. The molecule has 1 heterocycles. The predicted octanol–water partition coefficient (Wildman–Crippen LogP) is 1.35. The number of hydrogen-bond donors (Lipinski definition) is 3. The minimum atomic E-state index is 0.524. The highest BCUT2D eigenvalue weighted by atomic mass is 32.1. The Bertz CT molecular complexity index is 365. The number of rotatable bonds is 3. The van der Waals surface area contributed by atoms with Crippen molar-refractivity contribution in [2.45, 2.75) is 0 Å². The Morgan fingerprint density at radius 1 is 1.29 bits per heavy atom. The molecule has 1 aliphatic rings. The quantitative estimate of drug-likeness (QED) is 0.438. The first kappa shape index (κ1) is 12.6. The molecule has 0 aliphatic carbocycles. The molecule has 1 aliphatic heterocycles. The summed E-state index contributed by atoms with van der Waals surface area (Å²) in [5.74, 6) is 0. The Hall–Kier alpha value is -0.820. The van der Waals surface area contributed by atoms with Crippen LogP contribution in [0.25, 0.3) is 0 Å². The Morgan fingerprint density at radius 2 is 1.94 bits per heavy atom. The molecule has 1 aromatic rings. The zero-order valence-electron chi connectivity index (χ0n) is 9.47. The van der Waals surface area contributed by atoms with Gasteiger partial charge in [-0.05, 0) is 24.4 Å². The van der Waals surface area contributed by atoms with Crippen LogP contribution in [0, 0.1) is 0 Å². The summed E-state index contributed by atoms with van der Waals surface area (Å²) < 4.78 is 0.524. The number of para-hydroxylation sites is 1. The van der Waals surface area contributed by atoms with E-state index < -0.39 is 0 Å². The lowest BCUT2D eigenvalue weighted by atomic mass is 10.3. The van der Waals surface area contributed by atoms with Crippen LogP contribution < -0.4 is 10.7 Å². The van der Waals surface area contributed by atoms with E-state index in [-0.39, 0.29) is 0 Å². The van der Waals surface area contributed by atoms with Gasteiger partial charge in [0.15, 0.2) is 4.32 Å². The number of hydrogen-bond acceptors (Lipinski definition) is 4. The van der Waals surface area contributed by atoms with Gasteiger partial charge in [0.05, 0.1) is 5.69 Å². The summed E-state index contributed by atoms with van der Waals surface area (Å²) in [6.07, 6.45) is 0. The van der Waals surface area contributed by atoms with Crippen molar-refractivity contribution in [2.75, 3.05) is 31.6 Å². The van der Waals surface area contributed by atoms with Crippen LogP contribution in [0.4, 0.5) is 5.69 Å². The van der Waals surface area contributed by atoms with Gasteiger partial charge in [0.2, 0.25) is 0 Å². The molecular formula is C11H16N4S2. The van der Waals surface area contributed by atoms with Gasteiger partial charge in [-0.3, -0.25) is 5.43 Å². The summed E-state index contributed by atoms with van der Waals surface area (Å²) in [6, 6.07) is 9.96. The van der Waals surface area contributed by atoms with Gasteiger partial charge in [0.1, 0.15) is 0 Å². The predicted molar refractivity (Wildman–Crippen MR) is 77.9 cm³/mol. The van der Waals surface area contributed by atoms with E-state index >= 15 is 0 Å². The molecule has 6 heteroatoms. The molecule has 17 heavy (non-hydrogen) atoms. The van der Waals surface area contributed by atoms with Crippen molar-refractivity contribution in [1.82, 2.24) is 15.4 Å². The normalized spacial score (nSPS) is 16.5. The largest absolute Gasteiger partial charge is 0.314 e. The van der Waals surface area contributed by atoms with Crippen molar-refractivity contribution >= 4 is 34.9 Å². The topological polar surface area (TPSA) is 30.5 Å². The van der Waals surface area contributed by atoms with E-state index in [2.05, 4.69) is 28.4 Å². The molecule has 2 rings (SSSR count). The smallest absolute Gasteiger partial charge is 0.169 e.